The Hall–Kier alpha value is -3.02. The summed E-state index contributed by atoms with van der Waals surface area (Å²) in [4.78, 5) is 14.5. The normalized spacial score (nSPS) is 16.9. The second kappa shape index (κ2) is 17.6. The standard InChI is InChI=1S/C38H48NO5P/c40-38(27-15-4-2-1-3-12-22-35-25-16-17-26-37(35)34-23-13-7-14-24-34)39-28-36(29-39)44-45(41,42-30-32-18-8-5-9-19-32)43-31-33-20-10-6-11-21-33/h5-11,13,16-21,25-26,34,36H,1-4,12,14-15,22-24,27-31H2. The predicted octanol–water partition coefficient (Wildman–Crippen LogP) is 9.55. The van der Waals surface area contributed by atoms with Crippen molar-refractivity contribution in [2.24, 2.45) is 0 Å². The summed E-state index contributed by atoms with van der Waals surface area (Å²) >= 11 is 0. The first-order valence-electron chi connectivity index (χ1n) is 16.7. The van der Waals surface area contributed by atoms with Crippen molar-refractivity contribution in [2.45, 2.75) is 95.9 Å². The number of amides is 1. The van der Waals surface area contributed by atoms with Gasteiger partial charge in [-0.3, -0.25) is 18.4 Å². The molecule has 0 saturated carbocycles. The van der Waals surface area contributed by atoms with Crippen molar-refractivity contribution >= 4 is 13.7 Å². The predicted molar refractivity (Wildman–Crippen MR) is 180 cm³/mol. The third kappa shape index (κ3) is 10.8. The number of phosphoric acid groups is 1. The molecule has 1 aliphatic heterocycles. The molecule has 0 N–H and O–H groups in total. The number of rotatable bonds is 18. The topological polar surface area (TPSA) is 65.1 Å². The van der Waals surface area contributed by atoms with E-state index in [1.165, 1.54) is 44.1 Å². The summed E-state index contributed by atoms with van der Waals surface area (Å²) in [6.07, 6.45) is 16.4. The number of unbranched alkanes of at least 4 members (excludes halogenated alkanes) is 5. The average Bonchev–Trinajstić information content (AvgIpc) is 3.07. The first-order valence-corrected chi connectivity index (χ1v) is 18.2. The van der Waals surface area contributed by atoms with E-state index in [-0.39, 0.29) is 25.2 Å². The molecule has 3 aromatic carbocycles. The van der Waals surface area contributed by atoms with E-state index in [1.807, 2.05) is 60.7 Å². The minimum Gasteiger partial charge on any atom is -0.337 e. The molecule has 0 radical (unpaired) electrons. The van der Waals surface area contributed by atoms with Gasteiger partial charge >= 0.3 is 7.82 Å². The highest BCUT2D eigenvalue weighted by Crippen LogP contribution is 2.53. The van der Waals surface area contributed by atoms with Crippen LogP contribution < -0.4 is 0 Å². The third-order valence-electron chi connectivity index (χ3n) is 8.79. The zero-order chi connectivity index (χ0) is 31.2. The Bertz CT molecular complexity index is 1340. The Morgan fingerprint density at radius 3 is 1.98 bits per heavy atom. The maximum absolute atomic E-state index is 13.6. The zero-order valence-corrected chi connectivity index (χ0v) is 27.3. The van der Waals surface area contributed by atoms with Crippen molar-refractivity contribution < 1.29 is 22.9 Å². The zero-order valence-electron chi connectivity index (χ0n) is 26.4. The fourth-order valence-corrected chi connectivity index (χ4v) is 7.45. The van der Waals surface area contributed by atoms with Crippen LogP contribution in [0.3, 0.4) is 0 Å². The van der Waals surface area contributed by atoms with Gasteiger partial charge in [-0.05, 0) is 66.7 Å². The largest absolute Gasteiger partial charge is 0.475 e. The van der Waals surface area contributed by atoms with Crippen molar-refractivity contribution in [3.05, 3.63) is 119 Å². The maximum atomic E-state index is 13.6. The molecule has 7 heteroatoms. The summed E-state index contributed by atoms with van der Waals surface area (Å²) in [6.45, 7) is 1.05. The van der Waals surface area contributed by atoms with E-state index in [4.69, 9.17) is 13.6 Å². The van der Waals surface area contributed by atoms with Crippen LogP contribution in [-0.4, -0.2) is 30.0 Å². The SMILES string of the molecule is O=C(CCCCCCCCc1ccccc1C1CC=CCC1)N1CC(OP(=O)(OCc2ccccc2)OCc2ccccc2)C1. The number of benzene rings is 3. The first-order chi connectivity index (χ1) is 22.1. The van der Waals surface area contributed by atoms with Crippen molar-refractivity contribution in [1.82, 2.24) is 4.90 Å². The summed E-state index contributed by atoms with van der Waals surface area (Å²) in [5.41, 5.74) is 4.85. The number of carbonyl (C=O) groups excluding carboxylic acids is 1. The van der Waals surface area contributed by atoms with E-state index in [2.05, 4.69) is 36.4 Å². The Morgan fingerprint density at radius 2 is 1.33 bits per heavy atom. The van der Waals surface area contributed by atoms with Crippen molar-refractivity contribution in [2.75, 3.05) is 13.1 Å². The number of hydrogen-bond donors (Lipinski definition) is 0. The summed E-state index contributed by atoms with van der Waals surface area (Å²) in [7, 11) is -3.84. The van der Waals surface area contributed by atoms with Crippen LogP contribution in [0.1, 0.15) is 92.4 Å². The molecule has 1 atom stereocenters. The van der Waals surface area contributed by atoms with E-state index in [1.54, 1.807) is 10.5 Å². The van der Waals surface area contributed by atoms with Gasteiger partial charge in [-0.1, -0.05) is 123 Å². The van der Waals surface area contributed by atoms with Gasteiger partial charge in [-0.2, -0.15) is 0 Å². The van der Waals surface area contributed by atoms with E-state index in [0.717, 1.165) is 36.8 Å². The van der Waals surface area contributed by atoms with Crippen molar-refractivity contribution in [3.63, 3.8) is 0 Å². The van der Waals surface area contributed by atoms with Gasteiger partial charge in [0, 0.05) is 19.5 Å². The maximum Gasteiger partial charge on any atom is 0.475 e. The molecule has 1 amide bonds. The van der Waals surface area contributed by atoms with Crippen LogP contribution in [0.4, 0.5) is 0 Å². The quantitative estimate of drug-likeness (QED) is 0.0797. The van der Waals surface area contributed by atoms with E-state index in [0.29, 0.717) is 25.4 Å². The summed E-state index contributed by atoms with van der Waals surface area (Å²) in [5, 5.41) is 0. The monoisotopic (exact) mass is 629 g/mol. The lowest BCUT2D eigenvalue weighted by molar-refractivity contribution is -0.141. The summed E-state index contributed by atoms with van der Waals surface area (Å²) in [5.74, 6) is 0.816. The fraction of sp³-hybridized carbons (Fsp3) is 0.447. The van der Waals surface area contributed by atoms with Gasteiger partial charge in [0.25, 0.3) is 0 Å². The summed E-state index contributed by atoms with van der Waals surface area (Å²) < 4.78 is 30.9. The summed E-state index contributed by atoms with van der Waals surface area (Å²) in [6, 6.07) is 28.1. The van der Waals surface area contributed by atoms with Crippen LogP contribution >= 0.6 is 7.82 Å². The molecule has 0 aromatic heterocycles. The van der Waals surface area contributed by atoms with Gasteiger partial charge in [0.05, 0.1) is 13.2 Å². The molecule has 1 saturated heterocycles. The Labute approximate surface area is 269 Å². The third-order valence-corrected chi connectivity index (χ3v) is 10.2. The Morgan fingerprint density at radius 1 is 0.733 bits per heavy atom. The van der Waals surface area contributed by atoms with Gasteiger partial charge in [0.1, 0.15) is 6.10 Å². The van der Waals surface area contributed by atoms with E-state index >= 15 is 0 Å². The lowest BCUT2D eigenvalue weighted by atomic mass is 9.84. The van der Waals surface area contributed by atoms with Gasteiger partial charge in [0.15, 0.2) is 0 Å². The minimum atomic E-state index is -3.84. The van der Waals surface area contributed by atoms with Crippen LogP contribution in [-0.2, 0) is 42.6 Å². The number of aryl methyl sites for hydroxylation is 1. The van der Waals surface area contributed by atoms with Gasteiger partial charge in [0.2, 0.25) is 5.91 Å². The second-order valence-corrected chi connectivity index (χ2v) is 13.9. The molecule has 5 rings (SSSR count). The highest BCUT2D eigenvalue weighted by molar-refractivity contribution is 7.48. The molecule has 0 spiro atoms. The van der Waals surface area contributed by atoms with Crippen molar-refractivity contribution in [1.29, 1.82) is 0 Å². The van der Waals surface area contributed by atoms with Crippen LogP contribution in [0.5, 0.6) is 0 Å². The lowest BCUT2D eigenvalue weighted by Gasteiger charge is -2.39. The van der Waals surface area contributed by atoms with Crippen LogP contribution in [0, 0.1) is 0 Å². The van der Waals surface area contributed by atoms with Crippen molar-refractivity contribution in [3.8, 4) is 0 Å². The Balaban J connectivity index is 0.961. The van der Waals surface area contributed by atoms with Crippen LogP contribution in [0.25, 0.3) is 0 Å². The molecule has 2 aliphatic rings. The molecule has 6 nitrogen and oxygen atoms in total. The molecule has 45 heavy (non-hydrogen) atoms. The lowest BCUT2D eigenvalue weighted by Crippen LogP contribution is -2.54. The van der Waals surface area contributed by atoms with Gasteiger partial charge < -0.3 is 4.90 Å². The Kier molecular flexibility index (Phi) is 13.1. The molecule has 1 aliphatic carbocycles. The number of allylic oxidation sites excluding steroid dienone is 2. The molecular weight excluding hydrogens is 581 g/mol. The number of hydrogen-bond acceptors (Lipinski definition) is 5. The molecule has 1 fully saturated rings. The molecule has 240 valence electrons. The minimum absolute atomic E-state index is 0.119. The van der Waals surface area contributed by atoms with Crippen LogP contribution in [0.2, 0.25) is 0 Å². The first kappa shape index (κ1) is 33.3. The second-order valence-electron chi connectivity index (χ2n) is 12.3. The van der Waals surface area contributed by atoms with Crippen LogP contribution in [0.15, 0.2) is 97.1 Å². The highest BCUT2D eigenvalue weighted by atomic mass is 31.2. The number of nitrogens with zero attached hydrogens (tertiary/aromatic N) is 1. The number of carbonyl (C=O) groups is 1. The number of phosphoric ester groups is 1. The molecule has 3 aromatic rings. The molecular formula is C38H48NO5P. The van der Waals surface area contributed by atoms with E-state index in [9.17, 15) is 9.36 Å². The fourth-order valence-electron chi connectivity index (χ4n) is 6.14. The smallest absolute Gasteiger partial charge is 0.337 e. The number of likely N-dealkylation sites (tertiary alicyclic amines) is 1. The van der Waals surface area contributed by atoms with E-state index < -0.39 is 7.82 Å². The highest BCUT2D eigenvalue weighted by Gasteiger charge is 2.39. The van der Waals surface area contributed by atoms with Gasteiger partial charge in [-0.25, -0.2) is 4.57 Å². The van der Waals surface area contributed by atoms with Gasteiger partial charge in [-0.15, -0.1) is 0 Å². The molecule has 0 bridgehead atoms. The molecule has 1 heterocycles. The molecule has 1 unspecified atom stereocenters. The average molecular weight is 630 g/mol.